The molecule has 0 spiro atoms. The Morgan fingerprint density at radius 2 is 1.81 bits per heavy atom. The number of thioether (sulfide) groups is 1. The van der Waals surface area contributed by atoms with Crippen molar-refractivity contribution >= 4 is 32.7 Å². The number of carbonyl (C=O) groups excluding carboxylic acids is 1. The maximum Gasteiger partial charge on any atom is 0.279 e. The van der Waals surface area contributed by atoms with Crippen molar-refractivity contribution < 1.29 is 17.6 Å². The van der Waals surface area contributed by atoms with Crippen LogP contribution in [0.3, 0.4) is 0 Å². The van der Waals surface area contributed by atoms with E-state index in [1.807, 2.05) is 11.0 Å². The van der Waals surface area contributed by atoms with Gasteiger partial charge in [0.15, 0.2) is 15.0 Å². The van der Waals surface area contributed by atoms with Gasteiger partial charge in [-0.05, 0) is 29.8 Å². The maximum atomic E-state index is 13.2. The third-order valence-corrected chi connectivity index (χ3v) is 7.91. The molecule has 0 saturated carbocycles. The lowest BCUT2D eigenvalue weighted by molar-refractivity contribution is 0.100. The zero-order valence-corrected chi connectivity index (χ0v) is 15.9. The summed E-state index contributed by atoms with van der Waals surface area (Å²) in [7, 11) is -3.10. The van der Waals surface area contributed by atoms with Gasteiger partial charge in [0, 0.05) is 17.4 Å². The van der Waals surface area contributed by atoms with Crippen molar-refractivity contribution in [3.8, 4) is 0 Å². The van der Waals surface area contributed by atoms with Crippen LogP contribution in [0.1, 0.15) is 15.9 Å². The van der Waals surface area contributed by atoms with Crippen molar-refractivity contribution in [3.05, 3.63) is 71.5 Å². The molecule has 2 aliphatic heterocycles. The Labute approximate surface area is 161 Å². The smallest absolute Gasteiger partial charge is 0.279 e. The molecule has 0 N–H and O–H groups in total. The van der Waals surface area contributed by atoms with Crippen LogP contribution in [0.5, 0.6) is 0 Å². The number of fused-ring (bicyclic) bond motifs is 1. The minimum absolute atomic E-state index is 0.0460. The molecule has 27 heavy (non-hydrogen) atoms. The van der Waals surface area contributed by atoms with E-state index in [0.717, 1.165) is 5.56 Å². The van der Waals surface area contributed by atoms with Crippen LogP contribution in [0.15, 0.2) is 59.6 Å². The van der Waals surface area contributed by atoms with Crippen molar-refractivity contribution in [2.24, 2.45) is 4.99 Å². The lowest BCUT2D eigenvalue weighted by Crippen LogP contribution is -2.37. The highest BCUT2D eigenvalue weighted by Crippen LogP contribution is 2.39. The maximum absolute atomic E-state index is 13.2. The first-order valence-electron chi connectivity index (χ1n) is 8.47. The lowest BCUT2D eigenvalue weighted by atomic mass is 10.1. The van der Waals surface area contributed by atoms with Crippen LogP contribution in [0.4, 0.5) is 4.39 Å². The number of amides is 1. The van der Waals surface area contributed by atoms with Gasteiger partial charge in [0.25, 0.3) is 5.91 Å². The van der Waals surface area contributed by atoms with E-state index in [2.05, 4.69) is 4.99 Å². The molecular formula is C19H17FN2O3S2. The number of sulfone groups is 1. The number of hydrogen-bond donors (Lipinski definition) is 0. The monoisotopic (exact) mass is 404 g/mol. The molecule has 5 nitrogen and oxygen atoms in total. The number of nitrogens with zero attached hydrogens (tertiary/aromatic N) is 2. The van der Waals surface area contributed by atoms with Gasteiger partial charge in [0.05, 0.1) is 17.5 Å². The van der Waals surface area contributed by atoms with Crippen LogP contribution >= 0.6 is 11.8 Å². The molecule has 2 fully saturated rings. The fourth-order valence-electron chi connectivity index (χ4n) is 3.34. The van der Waals surface area contributed by atoms with Crippen molar-refractivity contribution in [3.63, 3.8) is 0 Å². The topological polar surface area (TPSA) is 66.8 Å². The summed E-state index contributed by atoms with van der Waals surface area (Å²) >= 11 is 1.34. The molecule has 2 aromatic carbocycles. The summed E-state index contributed by atoms with van der Waals surface area (Å²) in [6.07, 6.45) is 0. The molecule has 0 aromatic heterocycles. The van der Waals surface area contributed by atoms with Gasteiger partial charge in [0.2, 0.25) is 0 Å². The third-order valence-electron chi connectivity index (χ3n) is 4.66. The first kappa shape index (κ1) is 18.2. The summed E-state index contributed by atoms with van der Waals surface area (Å²) in [6.45, 7) is 0.380. The van der Waals surface area contributed by atoms with Gasteiger partial charge in [-0.1, -0.05) is 42.1 Å². The van der Waals surface area contributed by atoms with E-state index in [1.165, 1.54) is 23.9 Å². The average Bonchev–Trinajstić information content (AvgIpc) is 3.10. The van der Waals surface area contributed by atoms with Crippen LogP contribution in [0.25, 0.3) is 0 Å². The molecule has 2 atom stereocenters. The number of halogens is 1. The highest BCUT2D eigenvalue weighted by Gasteiger charge is 2.48. The summed E-state index contributed by atoms with van der Waals surface area (Å²) in [5.74, 6) is -0.556. The van der Waals surface area contributed by atoms with Crippen LogP contribution in [-0.2, 0) is 16.4 Å². The van der Waals surface area contributed by atoms with Crippen molar-refractivity contribution in [1.82, 2.24) is 4.90 Å². The molecule has 2 aliphatic rings. The zero-order chi connectivity index (χ0) is 19.0. The largest absolute Gasteiger partial charge is 0.342 e. The Kier molecular flexibility index (Phi) is 4.77. The number of rotatable bonds is 3. The Morgan fingerprint density at radius 1 is 1.11 bits per heavy atom. The first-order chi connectivity index (χ1) is 12.9. The lowest BCUT2D eigenvalue weighted by Gasteiger charge is -2.24. The van der Waals surface area contributed by atoms with Crippen LogP contribution in [-0.4, -0.2) is 47.2 Å². The molecule has 1 amide bonds. The van der Waals surface area contributed by atoms with Gasteiger partial charge in [0.1, 0.15) is 5.82 Å². The average molecular weight is 404 g/mol. The number of amidine groups is 1. The molecule has 2 aromatic rings. The van der Waals surface area contributed by atoms with E-state index in [9.17, 15) is 17.6 Å². The summed E-state index contributed by atoms with van der Waals surface area (Å²) in [4.78, 5) is 18.6. The van der Waals surface area contributed by atoms with E-state index in [0.29, 0.717) is 17.3 Å². The summed E-state index contributed by atoms with van der Waals surface area (Å²) in [5.41, 5.74) is 1.32. The second-order valence-corrected chi connectivity index (χ2v) is 9.98. The van der Waals surface area contributed by atoms with Crippen LogP contribution < -0.4 is 0 Å². The Bertz CT molecular complexity index is 991. The summed E-state index contributed by atoms with van der Waals surface area (Å²) in [5, 5.41) is 0.385. The van der Waals surface area contributed by atoms with Gasteiger partial charge in [-0.3, -0.25) is 4.79 Å². The molecule has 0 aliphatic carbocycles. The van der Waals surface area contributed by atoms with Gasteiger partial charge in [-0.25, -0.2) is 12.8 Å². The minimum Gasteiger partial charge on any atom is -0.342 e. The van der Waals surface area contributed by atoms with Crippen LogP contribution in [0, 0.1) is 5.82 Å². The van der Waals surface area contributed by atoms with Crippen LogP contribution in [0.2, 0.25) is 0 Å². The Hall–Kier alpha value is -2.19. The SMILES string of the molecule is O=C(N=C1S[C@H]2CS(=O)(=O)C[C@H]2N1Cc1ccc(F)cc1)c1ccccc1. The van der Waals surface area contributed by atoms with Crippen molar-refractivity contribution in [2.75, 3.05) is 11.5 Å². The van der Waals surface area contributed by atoms with E-state index < -0.39 is 9.84 Å². The fourth-order valence-corrected chi connectivity index (χ4v) is 7.29. The second kappa shape index (κ2) is 7.09. The second-order valence-electron chi connectivity index (χ2n) is 6.62. The van der Waals surface area contributed by atoms with Crippen molar-refractivity contribution in [1.29, 1.82) is 0 Å². The number of carbonyl (C=O) groups is 1. The number of aliphatic imine (C=N–C) groups is 1. The van der Waals surface area contributed by atoms with Gasteiger partial charge < -0.3 is 4.90 Å². The predicted octanol–water partition coefficient (Wildman–Crippen LogP) is 2.74. The molecule has 140 valence electrons. The van der Waals surface area contributed by atoms with Gasteiger partial charge in [-0.2, -0.15) is 4.99 Å². The number of benzene rings is 2. The molecule has 2 saturated heterocycles. The quantitative estimate of drug-likeness (QED) is 0.787. The van der Waals surface area contributed by atoms with Gasteiger partial charge in [-0.15, -0.1) is 0 Å². The third kappa shape index (κ3) is 3.91. The normalized spacial score (nSPS) is 24.9. The molecule has 8 heteroatoms. The van der Waals surface area contributed by atoms with E-state index >= 15 is 0 Å². The van der Waals surface area contributed by atoms with E-state index in [-0.39, 0.29) is 34.5 Å². The highest BCUT2D eigenvalue weighted by atomic mass is 32.2. The highest BCUT2D eigenvalue weighted by molar-refractivity contribution is 8.15. The van der Waals surface area contributed by atoms with Crippen molar-refractivity contribution in [2.45, 2.75) is 17.8 Å². The van der Waals surface area contributed by atoms with E-state index in [4.69, 9.17) is 0 Å². The first-order valence-corrected chi connectivity index (χ1v) is 11.2. The molecule has 0 radical (unpaired) electrons. The van der Waals surface area contributed by atoms with E-state index in [1.54, 1.807) is 36.4 Å². The minimum atomic E-state index is -3.10. The molecule has 2 heterocycles. The fraction of sp³-hybridized carbons (Fsp3) is 0.263. The number of hydrogen-bond acceptors (Lipinski definition) is 4. The Balaban J connectivity index is 1.64. The molecule has 0 unspecified atom stereocenters. The Morgan fingerprint density at radius 3 is 2.52 bits per heavy atom. The van der Waals surface area contributed by atoms with Gasteiger partial charge >= 0.3 is 0 Å². The summed E-state index contributed by atoms with van der Waals surface area (Å²) in [6, 6.07) is 14.6. The summed E-state index contributed by atoms with van der Waals surface area (Å²) < 4.78 is 37.3. The zero-order valence-electron chi connectivity index (χ0n) is 14.3. The molecular weight excluding hydrogens is 387 g/mol. The predicted molar refractivity (Wildman–Crippen MR) is 104 cm³/mol. The standard InChI is InChI=1S/C19H17FN2O3S2/c20-15-8-6-13(7-9-15)10-22-16-11-27(24,25)12-17(16)26-19(22)21-18(23)14-4-2-1-3-5-14/h1-9,16-17H,10-12H2/t16-,17+/m1/s1. The molecule has 0 bridgehead atoms. The molecule has 4 rings (SSSR count).